The summed E-state index contributed by atoms with van der Waals surface area (Å²) in [5.41, 5.74) is 6.11. The van der Waals surface area contributed by atoms with Crippen LogP contribution in [0.1, 0.15) is 5.56 Å². The third-order valence-corrected chi connectivity index (χ3v) is 3.68. The standard InChI is InChI=1S/C13H8Cl3NOS/c14-7-3-1-5-9(11(7)13(17)19)18-10-6-2-4-8(15)12(10)16/h1-6H,(H2,17,19). The number of ether oxygens (including phenoxy) is 1. The van der Waals surface area contributed by atoms with Crippen molar-refractivity contribution in [1.29, 1.82) is 0 Å². The van der Waals surface area contributed by atoms with Gasteiger partial charge in [-0.05, 0) is 24.3 Å². The van der Waals surface area contributed by atoms with E-state index in [9.17, 15) is 0 Å². The average Bonchev–Trinajstić information content (AvgIpc) is 2.34. The van der Waals surface area contributed by atoms with Crippen molar-refractivity contribution in [2.75, 3.05) is 0 Å². The predicted octanol–water partition coefficient (Wildman–Crippen LogP) is 5.07. The highest BCUT2D eigenvalue weighted by Crippen LogP contribution is 2.37. The highest BCUT2D eigenvalue weighted by atomic mass is 35.5. The zero-order chi connectivity index (χ0) is 14.0. The van der Waals surface area contributed by atoms with Gasteiger partial charge in [0.05, 0.1) is 15.6 Å². The molecule has 0 radical (unpaired) electrons. The van der Waals surface area contributed by atoms with E-state index in [4.69, 9.17) is 57.5 Å². The quantitative estimate of drug-likeness (QED) is 0.797. The zero-order valence-electron chi connectivity index (χ0n) is 9.49. The highest BCUT2D eigenvalue weighted by Gasteiger charge is 2.14. The first kappa shape index (κ1) is 14.4. The van der Waals surface area contributed by atoms with Crippen LogP contribution in [0.25, 0.3) is 0 Å². The van der Waals surface area contributed by atoms with Crippen molar-refractivity contribution in [2.24, 2.45) is 5.73 Å². The van der Waals surface area contributed by atoms with Gasteiger partial charge in [0.1, 0.15) is 21.5 Å². The van der Waals surface area contributed by atoms with Crippen molar-refractivity contribution in [3.05, 3.63) is 57.0 Å². The Hall–Kier alpha value is -1.000. The van der Waals surface area contributed by atoms with Crippen LogP contribution >= 0.6 is 47.0 Å². The molecule has 0 aliphatic rings. The second-order valence-electron chi connectivity index (χ2n) is 3.63. The molecule has 0 fully saturated rings. The molecule has 0 aromatic heterocycles. The van der Waals surface area contributed by atoms with E-state index in [1.165, 1.54) is 0 Å². The monoisotopic (exact) mass is 331 g/mol. The van der Waals surface area contributed by atoms with E-state index < -0.39 is 0 Å². The normalized spacial score (nSPS) is 10.3. The first-order valence-electron chi connectivity index (χ1n) is 5.21. The van der Waals surface area contributed by atoms with Gasteiger partial charge in [0.15, 0.2) is 0 Å². The van der Waals surface area contributed by atoms with Gasteiger partial charge in [-0.25, -0.2) is 0 Å². The molecular weight excluding hydrogens is 325 g/mol. The third kappa shape index (κ3) is 3.12. The van der Waals surface area contributed by atoms with E-state index in [1.54, 1.807) is 36.4 Å². The Balaban J connectivity index is 2.47. The Morgan fingerprint density at radius 3 is 2.16 bits per heavy atom. The SMILES string of the molecule is NC(=S)c1c(Cl)cccc1Oc1cccc(Cl)c1Cl. The van der Waals surface area contributed by atoms with E-state index in [1.807, 2.05) is 0 Å². The van der Waals surface area contributed by atoms with Gasteiger partial charge < -0.3 is 10.5 Å². The molecule has 2 aromatic rings. The van der Waals surface area contributed by atoms with Gasteiger partial charge in [-0.2, -0.15) is 0 Å². The molecule has 2 N–H and O–H groups in total. The molecule has 19 heavy (non-hydrogen) atoms. The Morgan fingerprint density at radius 1 is 0.947 bits per heavy atom. The Kier molecular flexibility index (Phi) is 4.53. The van der Waals surface area contributed by atoms with E-state index in [2.05, 4.69) is 0 Å². The smallest absolute Gasteiger partial charge is 0.147 e. The van der Waals surface area contributed by atoms with E-state index in [0.717, 1.165) is 0 Å². The van der Waals surface area contributed by atoms with Crippen LogP contribution in [0.5, 0.6) is 11.5 Å². The van der Waals surface area contributed by atoms with E-state index in [0.29, 0.717) is 32.1 Å². The average molecular weight is 333 g/mol. The molecule has 2 aromatic carbocycles. The van der Waals surface area contributed by atoms with Crippen LogP contribution in [0, 0.1) is 0 Å². The molecular formula is C13H8Cl3NOS. The summed E-state index contributed by atoms with van der Waals surface area (Å²) in [5, 5.41) is 1.14. The van der Waals surface area contributed by atoms with Gasteiger partial charge in [0.2, 0.25) is 0 Å². The molecule has 2 rings (SSSR count). The van der Waals surface area contributed by atoms with Gasteiger partial charge in [0, 0.05) is 0 Å². The molecule has 0 aliphatic carbocycles. The number of thiocarbonyl (C=S) groups is 1. The number of nitrogens with two attached hydrogens (primary N) is 1. The van der Waals surface area contributed by atoms with Crippen molar-refractivity contribution in [3.63, 3.8) is 0 Å². The molecule has 0 aliphatic heterocycles. The molecule has 0 bridgehead atoms. The maximum absolute atomic E-state index is 6.06. The van der Waals surface area contributed by atoms with Crippen molar-refractivity contribution in [1.82, 2.24) is 0 Å². The minimum Gasteiger partial charge on any atom is -0.455 e. The second-order valence-corrected chi connectivity index (χ2v) is 5.26. The number of hydrogen-bond acceptors (Lipinski definition) is 2. The summed E-state index contributed by atoms with van der Waals surface area (Å²) in [7, 11) is 0. The first-order valence-corrected chi connectivity index (χ1v) is 6.75. The lowest BCUT2D eigenvalue weighted by atomic mass is 10.2. The lowest BCUT2D eigenvalue weighted by Gasteiger charge is -2.13. The van der Waals surface area contributed by atoms with Gasteiger partial charge in [-0.15, -0.1) is 0 Å². The van der Waals surface area contributed by atoms with Gasteiger partial charge >= 0.3 is 0 Å². The molecule has 0 saturated heterocycles. The van der Waals surface area contributed by atoms with Crippen LogP contribution in [0.15, 0.2) is 36.4 Å². The van der Waals surface area contributed by atoms with Crippen LogP contribution in [-0.4, -0.2) is 4.99 Å². The minimum atomic E-state index is 0.152. The summed E-state index contributed by atoms with van der Waals surface area (Å²) in [6.45, 7) is 0. The van der Waals surface area contributed by atoms with E-state index >= 15 is 0 Å². The largest absolute Gasteiger partial charge is 0.455 e. The number of hydrogen-bond donors (Lipinski definition) is 1. The highest BCUT2D eigenvalue weighted by molar-refractivity contribution is 7.80. The van der Waals surface area contributed by atoms with Crippen LogP contribution in [0.3, 0.4) is 0 Å². The number of benzene rings is 2. The fraction of sp³-hybridized carbons (Fsp3) is 0. The summed E-state index contributed by atoms with van der Waals surface area (Å²) in [6.07, 6.45) is 0. The molecule has 0 atom stereocenters. The fourth-order valence-electron chi connectivity index (χ4n) is 1.51. The molecule has 0 saturated carbocycles. The molecule has 0 unspecified atom stereocenters. The predicted molar refractivity (Wildman–Crippen MR) is 83.9 cm³/mol. The number of rotatable bonds is 3. The van der Waals surface area contributed by atoms with Crippen molar-refractivity contribution < 1.29 is 4.74 Å². The van der Waals surface area contributed by atoms with Crippen LogP contribution in [0.2, 0.25) is 15.1 Å². The lowest BCUT2D eigenvalue weighted by Crippen LogP contribution is -2.11. The second kappa shape index (κ2) is 5.97. The van der Waals surface area contributed by atoms with Crippen LogP contribution < -0.4 is 10.5 Å². The minimum absolute atomic E-state index is 0.152. The summed E-state index contributed by atoms with van der Waals surface area (Å²) >= 11 is 23.0. The molecule has 2 nitrogen and oxygen atoms in total. The lowest BCUT2D eigenvalue weighted by molar-refractivity contribution is 0.482. The van der Waals surface area contributed by atoms with Gasteiger partial charge in [-0.3, -0.25) is 0 Å². The summed E-state index contributed by atoms with van der Waals surface area (Å²) in [6, 6.07) is 10.2. The zero-order valence-corrected chi connectivity index (χ0v) is 12.6. The van der Waals surface area contributed by atoms with Crippen molar-refractivity contribution >= 4 is 52.0 Å². The summed E-state index contributed by atoms with van der Waals surface area (Å²) in [5.74, 6) is 0.845. The van der Waals surface area contributed by atoms with Crippen molar-refractivity contribution in [3.8, 4) is 11.5 Å². The Labute approximate surface area is 131 Å². The Bertz CT molecular complexity index is 646. The van der Waals surface area contributed by atoms with Crippen molar-refractivity contribution in [2.45, 2.75) is 0 Å². The Morgan fingerprint density at radius 2 is 1.53 bits per heavy atom. The van der Waals surface area contributed by atoms with Crippen LogP contribution in [-0.2, 0) is 0 Å². The molecule has 6 heteroatoms. The maximum Gasteiger partial charge on any atom is 0.147 e. The van der Waals surface area contributed by atoms with E-state index in [-0.39, 0.29) is 4.99 Å². The molecule has 0 spiro atoms. The molecule has 0 amide bonds. The summed E-state index contributed by atoms with van der Waals surface area (Å²) < 4.78 is 5.69. The van der Waals surface area contributed by atoms with Gasteiger partial charge in [-0.1, -0.05) is 59.2 Å². The molecule has 0 heterocycles. The first-order chi connectivity index (χ1) is 9.00. The fourth-order valence-corrected chi connectivity index (χ4v) is 2.37. The maximum atomic E-state index is 6.06. The van der Waals surface area contributed by atoms with Gasteiger partial charge in [0.25, 0.3) is 0 Å². The number of halogens is 3. The topological polar surface area (TPSA) is 35.2 Å². The third-order valence-electron chi connectivity index (χ3n) is 2.36. The summed E-state index contributed by atoms with van der Waals surface area (Å²) in [4.78, 5) is 0.152. The van der Waals surface area contributed by atoms with Crippen LogP contribution in [0.4, 0.5) is 0 Å². The molecule has 98 valence electrons.